The molecule has 0 amide bonds. The molecule has 2 aromatic rings. The Kier molecular flexibility index (Phi) is 8.46. The van der Waals surface area contributed by atoms with Crippen LogP contribution in [0.4, 0.5) is 0 Å². The highest BCUT2D eigenvalue weighted by Gasteiger charge is 2.22. The zero-order chi connectivity index (χ0) is 22.3. The van der Waals surface area contributed by atoms with Crippen LogP contribution in [0.15, 0.2) is 32.6 Å². The fourth-order valence-corrected chi connectivity index (χ4v) is 4.90. The van der Waals surface area contributed by atoms with Gasteiger partial charge >= 0.3 is 0 Å². The highest BCUT2D eigenvalue weighted by molar-refractivity contribution is 7.91. The van der Waals surface area contributed by atoms with E-state index in [4.69, 9.17) is 4.52 Å². The van der Waals surface area contributed by atoms with Crippen molar-refractivity contribution < 1.29 is 12.9 Å². The Morgan fingerprint density at radius 2 is 1.90 bits per heavy atom. The maximum atomic E-state index is 12.9. The Balaban J connectivity index is 2.08. The molecule has 1 aromatic heterocycles. The topological polar surface area (TPSA) is 96.6 Å². The van der Waals surface area contributed by atoms with Crippen LogP contribution in [-0.4, -0.2) is 38.4 Å². The number of nitrogens with zero attached hydrogens (tertiary/aromatic N) is 2. The lowest BCUT2D eigenvalue weighted by Crippen LogP contribution is -2.45. The third-order valence-electron chi connectivity index (χ3n) is 5.35. The first-order valence-electron chi connectivity index (χ1n) is 10.5. The average Bonchev–Trinajstić information content (AvgIpc) is 3.13. The number of aliphatic imine (C=N–C) groups is 1. The van der Waals surface area contributed by atoms with Crippen molar-refractivity contribution in [2.45, 2.75) is 71.4 Å². The van der Waals surface area contributed by atoms with Crippen molar-refractivity contribution >= 4 is 15.8 Å². The molecule has 1 heterocycles. The SMILES string of the molecule is CCc1noc(CC)c1CNC(=NC)NC(CC)CS(=O)(=O)c1ccc(C)c(C)c1. The monoisotopic (exact) mass is 434 g/mol. The Bertz CT molecular complexity index is 959. The third kappa shape index (κ3) is 5.84. The molecule has 8 heteroatoms. The number of nitrogens with one attached hydrogen (secondary N) is 2. The van der Waals surface area contributed by atoms with Gasteiger partial charge in [0.15, 0.2) is 15.8 Å². The summed E-state index contributed by atoms with van der Waals surface area (Å²) in [6.07, 6.45) is 2.21. The molecule has 30 heavy (non-hydrogen) atoms. The summed E-state index contributed by atoms with van der Waals surface area (Å²) in [7, 11) is -1.74. The number of guanidine groups is 1. The van der Waals surface area contributed by atoms with E-state index in [0.717, 1.165) is 41.0 Å². The second kappa shape index (κ2) is 10.6. The zero-order valence-electron chi connectivity index (χ0n) is 18.9. The first kappa shape index (κ1) is 23.9. The van der Waals surface area contributed by atoms with Crippen molar-refractivity contribution in [2.75, 3.05) is 12.8 Å². The van der Waals surface area contributed by atoms with Gasteiger partial charge in [-0.2, -0.15) is 0 Å². The van der Waals surface area contributed by atoms with E-state index >= 15 is 0 Å². The summed E-state index contributed by atoms with van der Waals surface area (Å²) in [6.45, 7) is 10.5. The van der Waals surface area contributed by atoms with Crippen molar-refractivity contribution in [3.05, 3.63) is 46.3 Å². The van der Waals surface area contributed by atoms with Crippen molar-refractivity contribution in [1.82, 2.24) is 15.8 Å². The predicted octanol–water partition coefficient (Wildman–Crippen LogP) is 3.33. The van der Waals surface area contributed by atoms with Crippen LogP contribution in [0.2, 0.25) is 0 Å². The van der Waals surface area contributed by atoms with Crippen molar-refractivity contribution in [3.63, 3.8) is 0 Å². The first-order chi connectivity index (χ1) is 14.2. The van der Waals surface area contributed by atoms with E-state index < -0.39 is 9.84 Å². The largest absolute Gasteiger partial charge is 0.361 e. The Morgan fingerprint density at radius 3 is 2.47 bits per heavy atom. The van der Waals surface area contributed by atoms with Crippen molar-refractivity contribution in [3.8, 4) is 0 Å². The lowest BCUT2D eigenvalue weighted by atomic mass is 10.1. The van der Waals surface area contributed by atoms with Gasteiger partial charge in [-0.15, -0.1) is 0 Å². The normalized spacial score (nSPS) is 13.3. The van der Waals surface area contributed by atoms with Crippen LogP contribution in [0.1, 0.15) is 55.3 Å². The highest BCUT2D eigenvalue weighted by atomic mass is 32.2. The van der Waals surface area contributed by atoms with Crippen molar-refractivity contribution in [2.24, 2.45) is 4.99 Å². The summed E-state index contributed by atoms with van der Waals surface area (Å²) >= 11 is 0. The van der Waals surface area contributed by atoms with Crippen LogP contribution in [0.5, 0.6) is 0 Å². The van der Waals surface area contributed by atoms with Gasteiger partial charge in [-0.05, 0) is 49.9 Å². The summed E-state index contributed by atoms with van der Waals surface area (Å²) in [5.41, 5.74) is 4.02. The van der Waals surface area contributed by atoms with E-state index in [1.165, 1.54) is 0 Å². The standard InChI is InChI=1S/C22H34N4O3S/c1-7-17(14-30(27,28)18-11-10-15(4)16(5)12-18)25-22(23-6)24-13-19-20(8-2)26-29-21(19)9-3/h10-12,17H,7-9,13-14H2,1-6H3,(H2,23,24,25). The molecule has 2 rings (SSSR count). The van der Waals surface area contributed by atoms with Gasteiger partial charge < -0.3 is 15.2 Å². The second-order valence-electron chi connectivity index (χ2n) is 7.44. The molecular formula is C22H34N4O3S. The van der Waals surface area contributed by atoms with E-state index in [1.54, 1.807) is 19.2 Å². The summed E-state index contributed by atoms with van der Waals surface area (Å²) < 4.78 is 31.3. The quantitative estimate of drug-likeness (QED) is 0.464. The molecule has 0 aliphatic rings. The zero-order valence-corrected chi connectivity index (χ0v) is 19.7. The molecule has 7 nitrogen and oxygen atoms in total. The first-order valence-corrected chi connectivity index (χ1v) is 12.1. The predicted molar refractivity (Wildman–Crippen MR) is 121 cm³/mol. The lowest BCUT2D eigenvalue weighted by molar-refractivity contribution is 0.380. The van der Waals surface area contributed by atoms with Crippen LogP contribution in [0.25, 0.3) is 0 Å². The van der Waals surface area contributed by atoms with Gasteiger partial charge in [-0.25, -0.2) is 8.42 Å². The maximum absolute atomic E-state index is 12.9. The smallest absolute Gasteiger partial charge is 0.191 e. The minimum absolute atomic E-state index is 0.000384. The number of aromatic nitrogens is 1. The minimum atomic E-state index is -3.41. The fraction of sp³-hybridized carbons (Fsp3) is 0.545. The summed E-state index contributed by atoms with van der Waals surface area (Å²) in [5, 5.41) is 10.7. The molecule has 0 radical (unpaired) electrons. The molecule has 0 spiro atoms. The fourth-order valence-electron chi connectivity index (χ4n) is 3.23. The average molecular weight is 435 g/mol. The number of sulfone groups is 1. The number of rotatable bonds is 9. The molecule has 0 fully saturated rings. The highest BCUT2D eigenvalue weighted by Crippen LogP contribution is 2.18. The Labute approximate surface area is 180 Å². The van der Waals surface area contributed by atoms with Gasteiger partial charge in [0.2, 0.25) is 0 Å². The minimum Gasteiger partial charge on any atom is -0.361 e. The number of hydrogen-bond acceptors (Lipinski definition) is 5. The maximum Gasteiger partial charge on any atom is 0.191 e. The number of benzene rings is 1. The van der Waals surface area contributed by atoms with Gasteiger partial charge in [0.25, 0.3) is 0 Å². The van der Waals surface area contributed by atoms with E-state index in [2.05, 4.69) is 20.8 Å². The van der Waals surface area contributed by atoms with Gasteiger partial charge in [0.1, 0.15) is 5.76 Å². The molecule has 0 aliphatic heterocycles. The van der Waals surface area contributed by atoms with Crippen LogP contribution >= 0.6 is 0 Å². The van der Waals surface area contributed by atoms with Gasteiger partial charge in [-0.3, -0.25) is 4.99 Å². The Hall–Kier alpha value is -2.35. The van der Waals surface area contributed by atoms with E-state index in [9.17, 15) is 8.42 Å². The molecule has 0 saturated heterocycles. The van der Waals surface area contributed by atoms with Gasteiger partial charge in [0, 0.05) is 31.6 Å². The molecular weight excluding hydrogens is 400 g/mol. The molecule has 0 bridgehead atoms. The molecule has 1 atom stereocenters. The summed E-state index contributed by atoms with van der Waals surface area (Å²) in [5.74, 6) is 1.42. The van der Waals surface area contributed by atoms with Gasteiger partial charge in [-0.1, -0.05) is 32.0 Å². The summed E-state index contributed by atoms with van der Waals surface area (Å²) in [4.78, 5) is 4.62. The molecule has 1 aromatic carbocycles. The van der Waals surface area contributed by atoms with E-state index in [-0.39, 0.29) is 11.8 Å². The van der Waals surface area contributed by atoms with Gasteiger partial charge in [0.05, 0.1) is 16.3 Å². The molecule has 1 unspecified atom stereocenters. The summed E-state index contributed by atoms with van der Waals surface area (Å²) in [6, 6.07) is 5.02. The van der Waals surface area contributed by atoms with Crippen LogP contribution < -0.4 is 10.6 Å². The lowest BCUT2D eigenvalue weighted by Gasteiger charge is -2.20. The number of aryl methyl sites for hydroxylation is 4. The van der Waals surface area contributed by atoms with Crippen LogP contribution in [-0.2, 0) is 29.2 Å². The molecule has 2 N–H and O–H groups in total. The Morgan fingerprint density at radius 1 is 1.17 bits per heavy atom. The molecule has 0 saturated carbocycles. The second-order valence-corrected chi connectivity index (χ2v) is 9.48. The van der Waals surface area contributed by atoms with Crippen molar-refractivity contribution in [1.29, 1.82) is 0 Å². The molecule has 0 aliphatic carbocycles. The van der Waals surface area contributed by atoms with E-state index in [1.807, 2.05) is 40.7 Å². The third-order valence-corrected chi connectivity index (χ3v) is 7.17. The van der Waals surface area contributed by atoms with Crippen LogP contribution in [0, 0.1) is 13.8 Å². The van der Waals surface area contributed by atoms with Crippen LogP contribution in [0.3, 0.4) is 0 Å². The molecule has 166 valence electrons. The number of hydrogen-bond donors (Lipinski definition) is 2. The van der Waals surface area contributed by atoms with E-state index in [0.29, 0.717) is 23.8 Å².